The quantitative estimate of drug-likeness (QED) is 0.115. The Labute approximate surface area is 230 Å². The summed E-state index contributed by atoms with van der Waals surface area (Å²) >= 11 is 2.50. The summed E-state index contributed by atoms with van der Waals surface area (Å²) in [4.78, 5) is 27.2. The molecule has 6 unspecified atom stereocenters. The number of halogens is 1. The Morgan fingerprint density at radius 2 is 1.86 bits per heavy atom. The van der Waals surface area contributed by atoms with Crippen LogP contribution in [0.2, 0.25) is 0 Å². The number of carbonyl (C=O) groups is 2. The van der Waals surface area contributed by atoms with Crippen LogP contribution < -0.4 is 0 Å². The lowest BCUT2D eigenvalue weighted by molar-refractivity contribution is -0.196. The molecule has 6 aliphatic rings. The third-order valence-electron chi connectivity index (χ3n) is 12.5. The van der Waals surface area contributed by atoms with Gasteiger partial charge < -0.3 is 14.6 Å². The molecule has 10 atom stereocenters. The van der Waals surface area contributed by atoms with E-state index in [2.05, 4.69) is 49.4 Å². The minimum Gasteiger partial charge on any atom is -0.481 e. The Bertz CT molecular complexity index is 937. The second-order valence-electron chi connectivity index (χ2n) is 13.8. The molecular weight excluding hydrogens is 563 g/mol. The van der Waals surface area contributed by atoms with E-state index in [-0.39, 0.29) is 30.0 Å². The summed E-state index contributed by atoms with van der Waals surface area (Å²) in [5.41, 5.74) is -1.33. The maximum Gasteiger partial charge on any atom is 0.315 e. The summed E-state index contributed by atoms with van der Waals surface area (Å²) in [6, 6.07) is 0. The third-order valence-corrected chi connectivity index (χ3v) is 13.4. The van der Waals surface area contributed by atoms with E-state index in [0.29, 0.717) is 23.7 Å². The predicted molar refractivity (Wildman–Crippen MR) is 149 cm³/mol. The molecule has 0 aromatic heterocycles. The SMILES string of the molecule is CC(C)C1=CC2CC3(C=O)[C@@H]4CC[C@@H](C)[C@H]4CC2(C2CC(C4CCCCCC4)C(CI)O2)[C@]13C(=O)O. The zero-order valence-electron chi connectivity index (χ0n) is 22.4. The van der Waals surface area contributed by atoms with Gasteiger partial charge in [0.2, 0.25) is 0 Å². The first-order chi connectivity index (χ1) is 17.3. The average Bonchev–Trinajstić information content (AvgIpc) is 3.50. The van der Waals surface area contributed by atoms with E-state index < -0.39 is 22.2 Å². The van der Waals surface area contributed by atoms with E-state index >= 15 is 0 Å². The first-order valence-electron chi connectivity index (χ1n) is 14.9. The number of fused-ring (bicyclic) bond motifs is 2. The molecule has 4 bridgehead atoms. The minimum atomic E-state index is -1.11. The van der Waals surface area contributed by atoms with Crippen molar-refractivity contribution < 1.29 is 19.4 Å². The van der Waals surface area contributed by atoms with Crippen molar-refractivity contribution in [2.24, 2.45) is 57.7 Å². The topological polar surface area (TPSA) is 63.6 Å². The first kappa shape index (κ1) is 25.8. The fourth-order valence-electron chi connectivity index (χ4n) is 11.3. The van der Waals surface area contributed by atoms with Crippen LogP contribution in [0.25, 0.3) is 0 Å². The van der Waals surface area contributed by atoms with Crippen LogP contribution in [0.4, 0.5) is 0 Å². The molecule has 5 aliphatic carbocycles. The Hall–Kier alpha value is -0.430. The zero-order chi connectivity index (χ0) is 25.5. The van der Waals surface area contributed by atoms with Crippen LogP contribution in [0.1, 0.15) is 91.4 Å². The molecule has 0 aromatic carbocycles. The van der Waals surface area contributed by atoms with E-state index in [1.165, 1.54) is 38.5 Å². The van der Waals surface area contributed by atoms with Gasteiger partial charge >= 0.3 is 5.97 Å². The molecule has 0 amide bonds. The number of hydrogen-bond donors (Lipinski definition) is 1. The molecule has 200 valence electrons. The number of aliphatic carboxylic acids is 1. The third kappa shape index (κ3) is 3.02. The van der Waals surface area contributed by atoms with Crippen molar-refractivity contribution >= 4 is 34.8 Å². The highest BCUT2D eigenvalue weighted by atomic mass is 127. The van der Waals surface area contributed by atoms with Crippen LogP contribution in [0.3, 0.4) is 0 Å². The number of alkyl halides is 1. The van der Waals surface area contributed by atoms with Crippen molar-refractivity contribution in [3.05, 3.63) is 11.6 Å². The molecule has 5 fully saturated rings. The predicted octanol–water partition coefficient (Wildman–Crippen LogP) is 7.09. The summed E-state index contributed by atoms with van der Waals surface area (Å²) in [6.07, 6.45) is 16.3. The first-order valence-corrected chi connectivity index (χ1v) is 16.4. The highest BCUT2D eigenvalue weighted by Gasteiger charge is 2.86. The Morgan fingerprint density at radius 3 is 2.47 bits per heavy atom. The van der Waals surface area contributed by atoms with Crippen LogP contribution in [0.15, 0.2) is 11.6 Å². The van der Waals surface area contributed by atoms with Gasteiger partial charge in [-0.25, -0.2) is 0 Å². The summed E-state index contributed by atoms with van der Waals surface area (Å²) in [5, 5.41) is 11.3. The molecule has 0 spiro atoms. The number of ether oxygens (including phenoxy) is 1. The van der Waals surface area contributed by atoms with Crippen molar-refractivity contribution in [1.82, 2.24) is 0 Å². The summed E-state index contributed by atoms with van der Waals surface area (Å²) in [6.45, 7) is 6.64. The van der Waals surface area contributed by atoms with Crippen LogP contribution in [0, 0.1) is 57.7 Å². The Morgan fingerprint density at radius 1 is 1.14 bits per heavy atom. The van der Waals surface area contributed by atoms with E-state index in [4.69, 9.17) is 4.74 Å². The van der Waals surface area contributed by atoms with Gasteiger partial charge in [0.25, 0.3) is 0 Å². The molecule has 6 rings (SSSR count). The van der Waals surface area contributed by atoms with E-state index in [1.807, 2.05) is 0 Å². The monoisotopic (exact) mass is 608 g/mol. The van der Waals surface area contributed by atoms with Crippen molar-refractivity contribution in [3.8, 4) is 0 Å². The number of rotatable bonds is 6. The fourth-order valence-corrected chi connectivity index (χ4v) is 12.2. The molecule has 4 nitrogen and oxygen atoms in total. The second kappa shape index (κ2) is 9.06. The molecule has 5 heteroatoms. The van der Waals surface area contributed by atoms with Gasteiger partial charge in [0.05, 0.1) is 17.6 Å². The molecular formula is C31H45IO4. The van der Waals surface area contributed by atoms with Crippen LogP contribution in [0.5, 0.6) is 0 Å². The van der Waals surface area contributed by atoms with E-state index in [1.54, 1.807) is 0 Å². The Balaban J connectivity index is 1.49. The lowest BCUT2D eigenvalue weighted by atomic mass is 9.41. The standard InChI is InChI=1S/C31H45IO4/c1-18(2)25-12-21-14-29(17-33)24-11-10-19(3)23(24)15-30(21,31(25,29)28(34)35)27-13-22(26(16-32)36-27)20-8-6-4-5-7-9-20/h12,17-24,26-27H,4-11,13-16H2,1-3H3,(H,34,35)/t19-,21?,22?,23-,24-,26?,27?,29?,30?,31+/m1/s1. The molecule has 4 saturated carbocycles. The summed E-state index contributed by atoms with van der Waals surface area (Å²) in [5.74, 6) is 1.94. The van der Waals surface area contributed by atoms with Crippen molar-refractivity contribution in [2.45, 2.75) is 104 Å². The van der Waals surface area contributed by atoms with Gasteiger partial charge in [-0.15, -0.1) is 0 Å². The number of carboxylic acids is 1. The molecule has 1 heterocycles. The van der Waals surface area contributed by atoms with E-state index in [9.17, 15) is 14.7 Å². The summed E-state index contributed by atoms with van der Waals surface area (Å²) in [7, 11) is 0. The summed E-state index contributed by atoms with van der Waals surface area (Å²) < 4.78 is 8.09. The lowest BCUT2D eigenvalue weighted by Gasteiger charge is -2.60. The average molecular weight is 609 g/mol. The molecule has 0 aromatic rings. The number of carbonyl (C=O) groups excluding carboxylic acids is 1. The Kier molecular flexibility index (Phi) is 6.50. The van der Waals surface area contributed by atoms with Gasteiger partial charge in [0, 0.05) is 9.84 Å². The maximum atomic E-state index is 13.8. The number of allylic oxidation sites excluding steroid dienone is 1. The molecule has 0 radical (unpaired) electrons. The van der Waals surface area contributed by atoms with E-state index in [0.717, 1.165) is 48.4 Å². The van der Waals surface area contributed by atoms with Crippen LogP contribution in [-0.2, 0) is 14.3 Å². The number of hydrogen-bond acceptors (Lipinski definition) is 3. The van der Waals surface area contributed by atoms with Crippen molar-refractivity contribution in [1.29, 1.82) is 0 Å². The van der Waals surface area contributed by atoms with Crippen molar-refractivity contribution in [2.75, 3.05) is 4.43 Å². The zero-order valence-corrected chi connectivity index (χ0v) is 24.5. The smallest absolute Gasteiger partial charge is 0.315 e. The minimum absolute atomic E-state index is 0.0605. The van der Waals surface area contributed by atoms with Gasteiger partial charge in [0.1, 0.15) is 11.7 Å². The maximum absolute atomic E-state index is 13.8. The number of carboxylic acid groups (broad SMARTS) is 1. The van der Waals surface area contributed by atoms with Gasteiger partial charge in [-0.05, 0) is 67.1 Å². The lowest BCUT2D eigenvalue weighted by Crippen LogP contribution is -2.65. The largest absolute Gasteiger partial charge is 0.481 e. The molecule has 1 aliphatic heterocycles. The highest BCUT2D eigenvalue weighted by molar-refractivity contribution is 14.1. The van der Waals surface area contributed by atoms with Crippen LogP contribution in [-0.4, -0.2) is 34.0 Å². The second-order valence-corrected chi connectivity index (χ2v) is 14.7. The highest BCUT2D eigenvalue weighted by Crippen LogP contribution is 2.84. The van der Waals surface area contributed by atoms with Gasteiger partial charge in [-0.2, -0.15) is 0 Å². The number of aldehydes is 1. The van der Waals surface area contributed by atoms with Gasteiger partial charge in [-0.3, -0.25) is 4.79 Å². The van der Waals surface area contributed by atoms with Crippen molar-refractivity contribution in [3.63, 3.8) is 0 Å². The van der Waals surface area contributed by atoms with Gasteiger partial charge in [-0.1, -0.05) is 100.0 Å². The van der Waals surface area contributed by atoms with Crippen LogP contribution >= 0.6 is 22.6 Å². The van der Waals surface area contributed by atoms with Gasteiger partial charge in [0.15, 0.2) is 0 Å². The fraction of sp³-hybridized carbons (Fsp3) is 0.871. The molecule has 1 N–H and O–H groups in total. The molecule has 1 saturated heterocycles. The molecule has 36 heavy (non-hydrogen) atoms. The normalized spacial score (nSPS) is 50.2.